The zero-order chi connectivity index (χ0) is 33.3. The Morgan fingerprint density at radius 2 is 0.640 bits per heavy atom. The van der Waals surface area contributed by atoms with Gasteiger partial charge in [0.1, 0.15) is 0 Å². The third kappa shape index (κ3) is 5.43. The van der Waals surface area contributed by atoms with Crippen LogP contribution in [0.4, 0.5) is 0 Å². The van der Waals surface area contributed by atoms with Crippen LogP contribution in [0.5, 0.6) is 0 Å². The molecule has 0 aliphatic rings. The summed E-state index contributed by atoms with van der Waals surface area (Å²) in [6.45, 7) is 0. The average molecular weight is 637 g/mol. The maximum absolute atomic E-state index is 4.40. The molecule has 234 valence electrons. The van der Waals surface area contributed by atoms with Crippen molar-refractivity contribution in [2.45, 2.75) is 0 Å². The van der Waals surface area contributed by atoms with Gasteiger partial charge >= 0.3 is 0 Å². The molecule has 0 saturated heterocycles. The highest BCUT2D eigenvalue weighted by atomic mass is 14.6. The zero-order valence-corrected chi connectivity index (χ0v) is 27.4. The van der Waals surface area contributed by atoms with E-state index in [4.69, 9.17) is 0 Å². The molecule has 50 heavy (non-hydrogen) atoms. The van der Waals surface area contributed by atoms with Crippen LogP contribution in [0.1, 0.15) is 0 Å². The third-order valence-corrected chi connectivity index (χ3v) is 9.64. The molecule has 0 bridgehead atoms. The molecular weight excluding hydrogens is 605 g/mol. The summed E-state index contributed by atoms with van der Waals surface area (Å²) in [5.74, 6) is 0. The molecule has 0 aliphatic heterocycles. The first-order valence-corrected chi connectivity index (χ1v) is 17.0. The summed E-state index contributed by atoms with van der Waals surface area (Å²) in [6, 6.07) is 61.3. The van der Waals surface area contributed by atoms with Gasteiger partial charge in [-0.25, -0.2) is 0 Å². The molecule has 0 amide bonds. The van der Waals surface area contributed by atoms with Crippen LogP contribution in [0, 0.1) is 0 Å². The van der Waals surface area contributed by atoms with Crippen LogP contribution in [-0.4, -0.2) is 9.97 Å². The molecule has 9 rings (SSSR count). The van der Waals surface area contributed by atoms with E-state index in [1.165, 1.54) is 66.1 Å². The fraction of sp³-hybridized carbons (Fsp3) is 0. The molecule has 0 fully saturated rings. The van der Waals surface area contributed by atoms with Crippen LogP contribution in [0.15, 0.2) is 195 Å². The molecule has 0 aliphatic carbocycles. The third-order valence-electron chi connectivity index (χ3n) is 9.64. The summed E-state index contributed by atoms with van der Waals surface area (Å²) in [5, 5.41) is 4.89. The van der Waals surface area contributed by atoms with Crippen LogP contribution < -0.4 is 0 Å². The Hall–Kier alpha value is -6.64. The van der Waals surface area contributed by atoms with Gasteiger partial charge in [0.25, 0.3) is 0 Å². The van der Waals surface area contributed by atoms with Crippen molar-refractivity contribution in [2.24, 2.45) is 0 Å². The van der Waals surface area contributed by atoms with Crippen LogP contribution >= 0.6 is 0 Å². The number of pyridine rings is 2. The van der Waals surface area contributed by atoms with Crippen LogP contribution in [0.25, 0.3) is 88.3 Å². The lowest BCUT2D eigenvalue weighted by Crippen LogP contribution is -1.92. The minimum Gasteiger partial charge on any atom is -0.264 e. The maximum Gasteiger partial charge on any atom is 0.0346 e. The molecule has 0 radical (unpaired) electrons. The molecule has 0 spiro atoms. The van der Waals surface area contributed by atoms with Gasteiger partial charge in [-0.2, -0.15) is 0 Å². The second-order valence-electron chi connectivity index (χ2n) is 12.6. The first-order valence-electron chi connectivity index (χ1n) is 17.0. The predicted molar refractivity (Wildman–Crippen MR) is 210 cm³/mol. The number of aromatic nitrogens is 2. The predicted octanol–water partition coefficient (Wildman–Crippen LogP) is 12.8. The van der Waals surface area contributed by atoms with E-state index < -0.39 is 0 Å². The Bertz CT molecular complexity index is 2610. The van der Waals surface area contributed by atoms with Crippen LogP contribution in [-0.2, 0) is 0 Å². The molecule has 7 aromatic carbocycles. The zero-order valence-electron chi connectivity index (χ0n) is 27.4. The molecule has 0 atom stereocenters. The molecule has 2 heteroatoms. The van der Waals surface area contributed by atoms with Crippen molar-refractivity contribution >= 4 is 21.5 Å². The Morgan fingerprint density at radius 1 is 0.240 bits per heavy atom. The Kier molecular flexibility index (Phi) is 7.53. The van der Waals surface area contributed by atoms with E-state index in [9.17, 15) is 0 Å². The van der Waals surface area contributed by atoms with Gasteiger partial charge in [0.05, 0.1) is 0 Å². The van der Waals surface area contributed by atoms with Gasteiger partial charge in [-0.15, -0.1) is 0 Å². The second-order valence-corrected chi connectivity index (χ2v) is 12.6. The van der Waals surface area contributed by atoms with Crippen molar-refractivity contribution in [3.8, 4) is 66.8 Å². The standard InChI is InChI=1S/C48H32N2/c1-2-10-33(11-3-1)34-20-22-35(23-21-34)38-24-25-45-46(30-38)48(40-15-7-13-37(29-40)42-17-9-27-50-32-42)44-19-5-4-18-43(44)47(45)39-14-6-12-36(28-39)41-16-8-26-49-31-41/h1-32H. The highest BCUT2D eigenvalue weighted by molar-refractivity contribution is 6.22. The van der Waals surface area contributed by atoms with Gasteiger partial charge in [0.15, 0.2) is 0 Å². The Morgan fingerprint density at radius 3 is 1.20 bits per heavy atom. The quantitative estimate of drug-likeness (QED) is 0.170. The lowest BCUT2D eigenvalue weighted by molar-refractivity contribution is 1.33. The number of hydrogen-bond acceptors (Lipinski definition) is 2. The fourth-order valence-electron chi connectivity index (χ4n) is 7.24. The summed E-state index contributed by atoms with van der Waals surface area (Å²) in [4.78, 5) is 8.80. The molecular formula is C48H32N2. The molecule has 2 aromatic heterocycles. The summed E-state index contributed by atoms with van der Waals surface area (Å²) in [5.41, 5.74) is 14.1. The van der Waals surface area contributed by atoms with Gasteiger partial charge in [-0.1, -0.05) is 140 Å². The van der Waals surface area contributed by atoms with Crippen molar-refractivity contribution < 1.29 is 0 Å². The number of benzene rings is 7. The topological polar surface area (TPSA) is 25.8 Å². The fourth-order valence-corrected chi connectivity index (χ4v) is 7.24. The molecule has 0 saturated carbocycles. The molecule has 0 unspecified atom stereocenters. The van der Waals surface area contributed by atoms with Gasteiger partial charge in [-0.3, -0.25) is 9.97 Å². The van der Waals surface area contributed by atoms with E-state index in [0.717, 1.165) is 22.3 Å². The molecule has 2 heterocycles. The van der Waals surface area contributed by atoms with Crippen molar-refractivity contribution in [3.63, 3.8) is 0 Å². The van der Waals surface area contributed by atoms with Crippen LogP contribution in [0.2, 0.25) is 0 Å². The highest BCUT2D eigenvalue weighted by Gasteiger charge is 2.18. The molecule has 9 aromatic rings. The SMILES string of the molecule is c1ccc(-c2ccc(-c3ccc4c(-c5cccc(-c6cccnc6)c5)c5ccccc5c(-c5cccc(-c6cccnc6)c5)c4c3)cc2)cc1. The Balaban J connectivity index is 1.30. The summed E-state index contributed by atoms with van der Waals surface area (Å²) in [7, 11) is 0. The summed E-state index contributed by atoms with van der Waals surface area (Å²) in [6.07, 6.45) is 7.52. The molecule has 0 N–H and O–H groups in total. The number of nitrogens with zero attached hydrogens (tertiary/aromatic N) is 2. The highest BCUT2D eigenvalue weighted by Crippen LogP contribution is 2.46. The average Bonchev–Trinajstić information content (AvgIpc) is 3.21. The van der Waals surface area contributed by atoms with E-state index in [2.05, 4.69) is 168 Å². The number of fused-ring (bicyclic) bond motifs is 2. The largest absolute Gasteiger partial charge is 0.264 e. The minimum absolute atomic E-state index is 1.10. The maximum atomic E-state index is 4.40. The van der Waals surface area contributed by atoms with E-state index in [0.29, 0.717) is 0 Å². The van der Waals surface area contributed by atoms with Gasteiger partial charge in [0, 0.05) is 35.9 Å². The minimum atomic E-state index is 1.10. The van der Waals surface area contributed by atoms with Crippen molar-refractivity contribution in [2.75, 3.05) is 0 Å². The van der Waals surface area contributed by atoms with E-state index in [-0.39, 0.29) is 0 Å². The lowest BCUT2D eigenvalue weighted by atomic mass is 9.84. The van der Waals surface area contributed by atoms with Crippen molar-refractivity contribution in [3.05, 3.63) is 195 Å². The first kappa shape index (κ1) is 29.5. The smallest absolute Gasteiger partial charge is 0.0346 e. The molecule has 2 nitrogen and oxygen atoms in total. The number of hydrogen-bond donors (Lipinski definition) is 0. The van der Waals surface area contributed by atoms with Crippen LogP contribution in [0.3, 0.4) is 0 Å². The van der Waals surface area contributed by atoms with Crippen molar-refractivity contribution in [1.82, 2.24) is 9.97 Å². The Labute approximate surface area is 292 Å². The van der Waals surface area contributed by atoms with E-state index in [1.54, 1.807) is 0 Å². The van der Waals surface area contributed by atoms with E-state index in [1.807, 2.05) is 36.9 Å². The van der Waals surface area contributed by atoms with Gasteiger partial charge in [-0.05, 0) is 108 Å². The summed E-state index contributed by atoms with van der Waals surface area (Å²) >= 11 is 0. The van der Waals surface area contributed by atoms with Gasteiger partial charge < -0.3 is 0 Å². The summed E-state index contributed by atoms with van der Waals surface area (Å²) < 4.78 is 0. The van der Waals surface area contributed by atoms with Gasteiger partial charge in [0.2, 0.25) is 0 Å². The normalized spacial score (nSPS) is 11.2. The van der Waals surface area contributed by atoms with Crippen molar-refractivity contribution in [1.29, 1.82) is 0 Å². The monoisotopic (exact) mass is 636 g/mol. The van der Waals surface area contributed by atoms with E-state index >= 15 is 0 Å². The lowest BCUT2D eigenvalue weighted by Gasteiger charge is -2.19. The second kappa shape index (κ2) is 12.8. The first-order chi connectivity index (χ1) is 24.8. The number of rotatable bonds is 6.